The number of carbonyl (C=O) groups excluding carboxylic acids is 2. The molecule has 102 valence electrons. The van der Waals surface area contributed by atoms with E-state index in [4.69, 9.17) is 14.6 Å². The highest BCUT2D eigenvalue weighted by molar-refractivity contribution is 8.77. The Balaban J connectivity index is 3.45. The number of esters is 2. The minimum atomic E-state index is -0.937. The smallest absolute Gasteiger partial charge is 0.333 e. The summed E-state index contributed by atoms with van der Waals surface area (Å²) in [6.07, 6.45) is 0. The Morgan fingerprint density at radius 1 is 1.11 bits per heavy atom. The van der Waals surface area contributed by atoms with Gasteiger partial charge in [0.25, 0.3) is 0 Å². The molecule has 0 aliphatic rings. The SMILES string of the molecule is C=C(C)C(=O)OCCOC(=O)CSSCC(=O)O. The fourth-order valence-corrected chi connectivity index (χ4v) is 2.17. The van der Waals surface area contributed by atoms with Gasteiger partial charge in [0, 0.05) is 5.57 Å². The molecule has 0 radical (unpaired) electrons. The molecule has 0 atom stereocenters. The summed E-state index contributed by atoms with van der Waals surface area (Å²) in [6, 6.07) is 0. The zero-order chi connectivity index (χ0) is 14.0. The molecule has 0 rings (SSSR count). The van der Waals surface area contributed by atoms with Crippen LogP contribution in [0.15, 0.2) is 12.2 Å². The van der Waals surface area contributed by atoms with Gasteiger partial charge in [0.2, 0.25) is 0 Å². The van der Waals surface area contributed by atoms with Crippen molar-refractivity contribution in [1.29, 1.82) is 0 Å². The van der Waals surface area contributed by atoms with Crippen molar-refractivity contribution >= 4 is 39.5 Å². The molecular formula is C10H14O6S2. The lowest BCUT2D eigenvalue weighted by Crippen LogP contribution is -2.15. The largest absolute Gasteiger partial charge is 0.481 e. The standard InChI is InChI=1S/C10H14O6S2/c1-7(2)10(14)16-4-3-15-9(13)6-18-17-5-8(11)12/h1,3-6H2,2H3,(H,11,12). The van der Waals surface area contributed by atoms with Crippen molar-refractivity contribution in [3.8, 4) is 0 Å². The van der Waals surface area contributed by atoms with Gasteiger partial charge < -0.3 is 14.6 Å². The minimum absolute atomic E-state index is 0.0234. The van der Waals surface area contributed by atoms with Crippen molar-refractivity contribution in [1.82, 2.24) is 0 Å². The third-order valence-electron chi connectivity index (χ3n) is 1.37. The molecule has 0 aliphatic carbocycles. The molecule has 0 saturated carbocycles. The third-order valence-corrected chi connectivity index (χ3v) is 3.46. The van der Waals surface area contributed by atoms with Gasteiger partial charge in [0.05, 0.1) is 0 Å². The molecule has 18 heavy (non-hydrogen) atoms. The average molecular weight is 294 g/mol. The zero-order valence-electron chi connectivity index (χ0n) is 9.84. The maximum atomic E-state index is 11.1. The molecule has 0 amide bonds. The van der Waals surface area contributed by atoms with E-state index < -0.39 is 17.9 Å². The predicted molar refractivity (Wildman–Crippen MR) is 69.3 cm³/mol. The topological polar surface area (TPSA) is 89.9 Å². The molecule has 0 aromatic heterocycles. The molecule has 0 bridgehead atoms. The summed E-state index contributed by atoms with van der Waals surface area (Å²) in [5.74, 6) is -1.98. The molecule has 8 heteroatoms. The highest BCUT2D eigenvalue weighted by atomic mass is 33.1. The molecule has 0 aromatic carbocycles. The van der Waals surface area contributed by atoms with Gasteiger partial charge in [-0.05, 0) is 6.92 Å². The molecule has 0 unspecified atom stereocenters. The molecule has 0 spiro atoms. The molecule has 6 nitrogen and oxygen atoms in total. The number of carbonyl (C=O) groups is 3. The van der Waals surface area contributed by atoms with E-state index in [1.54, 1.807) is 0 Å². The Morgan fingerprint density at radius 3 is 2.22 bits per heavy atom. The van der Waals surface area contributed by atoms with Crippen molar-refractivity contribution < 1.29 is 29.0 Å². The number of aliphatic carboxylic acids is 1. The van der Waals surface area contributed by atoms with Crippen LogP contribution < -0.4 is 0 Å². The maximum absolute atomic E-state index is 11.1. The fourth-order valence-electron chi connectivity index (χ4n) is 0.637. The van der Waals surface area contributed by atoms with Crippen LogP contribution in [0.25, 0.3) is 0 Å². The monoisotopic (exact) mass is 294 g/mol. The Morgan fingerprint density at radius 2 is 1.67 bits per heavy atom. The van der Waals surface area contributed by atoms with Crippen LogP contribution >= 0.6 is 21.6 Å². The van der Waals surface area contributed by atoms with Crippen LogP contribution in [0.5, 0.6) is 0 Å². The zero-order valence-corrected chi connectivity index (χ0v) is 11.5. The second-order valence-corrected chi connectivity index (χ2v) is 5.52. The highest BCUT2D eigenvalue weighted by Gasteiger charge is 2.06. The van der Waals surface area contributed by atoms with Gasteiger partial charge in [-0.25, -0.2) is 4.79 Å². The second-order valence-electron chi connectivity index (χ2n) is 3.05. The minimum Gasteiger partial charge on any atom is -0.481 e. The number of carboxylic acids is 1. The summed E-state index contributed by atoms with van der Waals surface area (Å²) in [5.41, 5.74) is 0.280. The van der Waals surface area contributed by atoms with Gasteiger partial charge in [-0.1, -0.05) is 28.2 Å². The van der Waals surface area contributed by atoms with Gasteiger partial charge in [-0.2, -0.15) is 0 Å². The van der Waals surface area contributed by atoms with Crippen molar-refractivity contribution in [3.63, 3.8) is 0 Å². The number of hydrogen-bond acceptors (Lipinski definition) is 7. The predicted octanol–water partition coefficient (Wildman–Crippen LogP) is 1.11. The van der Waals surface area contributed by atoms with E-state index in [1.165, 1.54) is 6.92 Å². The fraction of sp³-hybridized carbons (Fsp3) is 0.500. The number of hydrogen-bond donors (Lipinski definition) is 1. The first-order valence-electron chi connectivity index (χ1n) is 4.88. The van der Waals surface area contributed by atoms with Crippen molar-refractivity contribution in [2.75, 3.05) is 24.7 Å². The van der Waals surface area contributed by atoms with Crippen LogP contribution in [-0.2, 0) is 23.9 Å². The van der Waals surface area contributed by atoms with E-state index in [1.807, 2.05) is 0 Å². The average Bonchev–Trinajstić information content (AvgIpc) is 2.29. The van der Waals surface area contributed by atoms with Crippen LogP contribution in [0.3, 0.4) is 0 Å². The first kappa shape index (κ1) is 16.9. The normalized spacial score (nSPS) is 9.61. The van der Waals surface area contributed by atoms with Crippen LogP contribution in [0.2, 0.25) is 0 Å². The summed E-state index contributed by atoms with van der Waals surface area (Å²) in [7, 11) is 2.16. The molecule has 0 fully saturated rings. The Hall–Kier alpha value is -1.15. The number of ether oxygens (including phenoxy) is 2. The van der Waals surface area contributed by atoms with Crippen LogP contribution in [0.4, 0.5) is 0 Å². The lowest BCUT2D eigenvalue weighted by atomic mass is 10.4. The summed E-state index contributed by atoms with van der Waals surface area (Å²) in [5, 5.41) is 8.34. The Bertz CT molecular complexity index is 328. The van der Waals surface area contributed by atoms with E-state index in [0.29, 0.717) is 0 Å². The van der Waals surface area contributed by atoms with Gasteiger partial charge in [0.1, 0.15) is 24.7 Å². The van der Waals surface area contributed by atoms with Gasteiger partial charge in [0.15, 0.2) is 0 Å². The highest BCUT2D eigenvalue weighted by Crippen LogP contribution is 2.20. The lowest BCUT2D eigenvalue weighted by Gasteiger charge is -2.05. The van der Waals surface area contributed by atoms with E-state index in [2.05, 4.69) is 6.58 Å². The van der Waals surface area contributed by atoms with E-state index in [0.717, 1.165) is 21.6 Å². The summed E-state index contributed by atoms with van der Waals surface area (Å²) < 4.78 is 9.46. The van der Waals surface area contributed by atoms with Gasteiger partial charge >= 0.3 is 17.9 Å². The first-order valence-corrected chi connectivity index (χ1v) is 7.36. The maximum Gasteiger partial charge on any atom is 0.333 e. The number of rotatable bonds is 9. The molecule has 0 aromatic rings. The summed E-state index contributed by atoms with van der Waals surface area (Å²) in [6.45, 7) is 4.87. The van der Waals surface area contributed by atoms with E-state index in [9.17, 15) is 14.4 Å². The molecule has 0 saturated heterocycles. The molecular weight excluding hydrogens is 280 g/mol. The Kier molecular flexibility index (Phi) is 9.21. The molecule has 0 heterocycles. The summed E-state index contributed by atoms with van der Waals surface area (Å²) in [4.78, 5) is 32.2. The van der Waals surface area contributed by atoms with Crippen LogP contribution in [0.1, 0.15) is 6.92 Å². The molecule has 0 aliphatic heterocycles. The number of carboxylic acid groups (broad SMARTS) is 1. The molecule has 1 N–H and O–H groups in total. The summed E-state index contributed by atoms with van der Waals surface area (Å²) >= 11 is 0. The van der Waals surface area contributed by atoms with E-state index >= 15 is 0 Å². The van der Waals surface area contributed by atoms with Crippen molar-refractivity contribution in [2.24, 2.45) is 0 Å². The Labute approximate surface area is 112 Å². The van der Waals surface area contributed by atoms with Crippen LogP contribution in [0, 0.1) is 0 Å². The van der Waals surface area contributed by atoms with Gasteiger partial charge in [-0.3, -0.25) is 9.59 Å². The van der Waals surface area contributed by atoms with Crippen molar-refractivity contribution in [3.05, 3.63) is 12.2 Å². The second kappa shape index (κ2) is 9.84. The third kappa shape index (κ3) is 10.0. The first-order chi connectivity index (χ1) is 8.43. The van der Waals surface area contributed by atoms with Crippen LogP contribution in [-0.4, -0.2) is 47.7 Å². The van der Waals surface area contributed by atoms with E-state index in [-0.39, 0.29) is 30.3 Å². The lowest BCUT2D eigenvalue weighted by molar-refractivity contribution is -0.148. The van der Waals surface area contributed by atoms with Crippen molar-refractivity contribution in [2.45, 2.75) is 6.92 Å². The van der Waals surface area contributed by atoms with Gasteiger partial charge in [-0.15, -0.1) is 0 Å². The quantitative estimate of drug-likeness (QED) is 0.293.